The Kier molecular flexibility index (Phi) is 11.4. The number of para-hydroxylation sites is 2. The van der Waals surface area contributed by atoms with Gasteiger partial charge >= 0.3 is 0 Å². The lowest BCUT2D eigenvalue weighted by Crippen LogP contribution is -2.15. The van der Waals surface area contributed by atoms with Gasteiger partial charge < -0.3 is 13.7 Å². The normalized spacial score (nSPS) is 13.5. The van der Waals surface area contributed by atoms with Gasteiger partial charge in [-0.15, -0.1) is 0 Å². The van der Waals surface area contributed by atoms with E-state index < -0.39 is 0 Å². The van der Waals surface area contributed by atoms with Gasteiger partial charge in [-0.3, -0.25) is 0 Å². The molecule has 2 aliphatic carbocycles. The average Bonchev–Trinajstić information content (AvgIpc) is 1.59. The summed E-state index contributed by atoms with van der Waals surface area (Å²) < 4.78 is 7.40. The smallest absolute Gasteiger partial charge is 0.160 e. The molecular formula is C88H61N5. The molecule has 0 saturated carbocycles. The van der Waals surface area contributed by atoms with Crippen LogP contribution >= 0.6 is 0 Å². The molecule has 93 heavy (non-hydrogen) atoms. The topological polar surface area (TPSA) is 40.6 Å². The minimum Gasteiger partial charge on any atom is -0.309 e. The molecule has 0 unspecified atom stereocenters. The third kappa shape index (κ3) is 7.99. The van der Waals surface area contributed by atoms with E-state index in [-0.39, 0.29) is 10.8 Å². The van der Waals surface area contributed by atoms with Crippen molar-refractivity contribution in [1.29, 1.82) is 0 Å². The second kappa shape index (κ2) is 19.9. The molecule has 0 saturated heterocycles. The quantitative estimate of drug-likeness (QED) is 0.152. The van der Waals surface area contributed by atoms with Gasteiger partial charge in [0.25, 0.3) is 0 Å². The largest absolute Gasteiger partial charge is 0.309 e. The number of rotatable bonds is 8. The van der Waals surface area contributed by atoms with Crippen LogP contribution in [0.2, 0.25) is 0 Å². The van der Waals surface area contributed by atoms with Crippen molar-refractivity contribution < 1.29 is 0 Å². The minimum absolute atomic E-state index is 0.113. The van der Waals surface area contributed by atoms with Gasteiger partial charge in [-0.2, -0.15) is 0 Å². The summed E-state index contributed by atoms with van der Waals surface area (Å²) >= 11 is 0. The third-order valence-electron chi connectivity index (χ3n) is 20.7. The maximum atomic E-state index is 5.33. The molecule has 19 rings (SSSR count). The van der Waals surface area contributed by atoms with Crippen molar-refractivity contribution in [1.82, 2.24) is 23.7 Å². The summed E-state index contributed by atoms with van der Waals surface area (Å²) in [7, 11) is 0. The summed E-state index contributed by atoms with van der Waals surface area (Å²) in [6.45, 7) is 9.45. The van der Waals surface area contributed by atoms with Crippen LogP contribution in [0.3, 0.4) is 0 Å². The van der Waals surface area contributed by atoms with E-state index in [1.165, 1.54) is 110 Å². The van der Waals surface area contributed by atoms with Gasteiger partial charge in [0.1, 0.15) is 0 Å². The van der Waals surface area contributed by atoms with Gasteiger partial charge in [-0.05, 0) is 158 Å². The number of hydrogen-bond donors (Lipinski definition) is 0. The Bertz CT molecular complexity index is 5650. The fraction of sp³-hybridized carbons (Fsp3) is 0.0682. The molecule has 0 radical (unpaired) electrons. The zero-order chi connectivity index (χ0) is 61.8. The van der Waals surface area contributed by atoms with Crippen LogP contribution < -0.4 is 0 Å². The summed E-state index contributed by atoms with van der Waals surface area (Å²) in [4.78, 5) is 10.7. The SMILES string of the molecule is CC1(C)c2ccccc2-c2ccc(-n3c4ccccc4c4cc(-c5ccc6c7ccc(-c8ccc9c(c8)c8ccccc8n9-c8ccc9c(c8)C(C)(C)c8ccccc8-9)cc7n(-c7cccc(-c8nc(-c9ccccc9)cc(-c9ccccc9)n8)c7)c6c5)ccc43)cc21. The number of benzene rings is 13. The first-order valence-corrected chi connectivity index (χ1v) is 32.4. The first kappa shape index (κ1) is 53.2. The molecule has 0 fully saturated rings. The maximum absolute atomic E-state index is 5.33. The summed E-state index contributed by atoms with van der Waals surface area (Å²) in [5.41, 5.74) is 30.3. The zero-order valence-electron chi connectivity index (χ0n) is 52.0. The monoisotopic (exact) mass is 1190 g/mol. The van der Waals surface area contributed by atoms with E-state index in [4.69, 9.17) is 9.97 Å². The van der Waals surface area contributed by atoms with Crippen LogP contribution in [-0.4, -0.2) is 23.7 Å². The van der Waals surface area contributed by atoms with Crippen molar-refractivity contribution in [2.45, 2.75) is 38.5 Å². The Balaban J connectivity index is 0.779. The second-order valence-corrected chi connectivity index (χ2v) is 26.5. The molecule has 0 spiro atoms. The summed E-state index contributed by atoms with van der Waals surface area (Å²) in [5, 5.41) is 7.26. The number of nitrogens with zero attached hydrogens (tertiary/aromatic N) is 5. The highest BCUT2D eigenvalue weighted by atomic mass is 15.0. The molecule has 17 aromatic rings. The molecule has 4 heterocycles. The van der Waals surface area contributed by atoms with Crippen molar-refractivity contribution in [2.75, 3.05) is 0 Å². The van der Waals surface area contributed by atoms with Crippen LogP contribution in [0.15, 0.2) is 297 Å². The van der Waals surface area contributed by atoms with Crippen LogP contribution in [0.4, 0.5) is 0 Å². The predicted octanol–water partition coefficient (Wildman–Crippen LogP) is 22.7. The molecule has 0 bridgehead atoms. The number of aromatic nitrogens is 5. The lowest BCUT2D eigenvalue weighted by molar-refractivity contribution is 0.660. The predicted molar refractivity (Wildman–Crippen MR) is 387 cm³/mol. The molecule has 0 atom stereocenters. The highest BCUT2D eigenvalue weighted by Crippen LogP contribution is 2.52. The van der Waals surface area contributed by atoms with E-state index in [9.17, 15) is 0 Å². The Morgan fingerprint density at radius 2 is 0.602 bits per heavy atom. The average molecular weight is 1190 g/mol. The Morgan fingerprint density at radius 3 is 1.11 bits per heavy atom. The number of fused-ring (bicyclic) bond motifs is 15. The highest BCUT2D eigenvalue weighted by Gasteiger charge is 2.37. The minimum atomic E-state index is -0.113. The van der Waals surface area contributed by atoms with E-state index in [0.717, 1.165) is 67.1 Å². The van der Waals surface area contributed by atoms with Gasteiger partial charge in [0.15, 0.2) is 5.82 Å². The van der Waals surface area contributed by atoms with E-state index in [2.05, 4.69) is 339 Å². The van der Waals surface area contributed by atoms with E-state index in [0.29, 0.717) is 5.82 Å². The van der Waals surface area contributed by atoms with Crippen molar-refractivity contribution in [3.05, 3.63) is 320 Å². The van der Waals surface area contributed by atoms with Crippen LogP contribution in [0.5, 0.6) is 0 Å². The van der Waals surface area contributed by atoms with E-state index in [1.807, 2.05) is 0 Å². The van der Waals surface area contributed by atoms with E-state index in [1.54, 1.807) is 0 Å². The lowest BCUT2D eigenvalue weighted by Gasteiger charge is -2.22. The molecular weight excluding hydrogens is 1130 g/mol. The first-order valence-electron chi connectivity index (χ1n) is 32.4. The van der Waals surface area contributed by atoms with Gasteiger partial charge in [0.2, 0.25) is 0 Å². The highest BCUT2D eigenvalue weighted by molar-refractivity contribution is 6.14. The molecule has 4 aromatic heterocycles. The summed E-state index contributed by atoms with van der Waals surface area (Å²) in [6, 6.07) is 110. The molecule has 0 N–H and O–H groups in total. The van der Waals surface area contributed by atoms with Crippen LogP contribution in [0.25, 0.3) is 161 Å². The standard InChI is InChI=1S/C88H61N5/c1-87(2)74-30-15-11-26-64(74)66-42-38-62(51-76(66)87)91-80-32-17-13-28-68(80)72-47-56(36-44-82(72)91)58-34-40-70-71-41-35-59(57-37-45-83-73(48-57)69-29-14-18-33-81(69)92(83)63-39-43-67-65-27-12-16-31-75(65)88(3,4)77(67)52-63)50-85(71)93(84(70)49-58)61-25-19-24-60(46-61)86-89-78(54-20-7-5-8-21-54)53-79(90-86)55-22-9-6-10-23-55/h5-53H,1-4H3. The number of hydrogen-bond acceptors (Lipinski definition) is 2. The van der Waals surface area contributed by atoms with Crippen LogP contribution in [0, 0.1) is 0 Å². The second-order valence-electron chi connectivity index (χ2n) is 26.5. The molecule has 2 aliphatic rings. The van der Waals surface area contributed by atoms with Crippen molar-refractivity contribution in [3.8, 4) is 95.5 Å². The van der Waals surface area contributed by atoms with Crippen molar-refractivity contribution in [3.63, 3.8) is 0 Å². The molecule has 0 aliphatic heterocycles. The van der Waals surface area contributed by atoms with Crippen LogP contribution in [-0.2, 0) is 10.8 Å². The zero-order valence-corrected chi connectivity index (χ0v) is 52.0. The van der Waals surface area contributed by atoms with Crippen LogP contribution in [0.1, 0.15) is 49.9 Å². The van der Waals surface area contributed by atoms with Gasteiger partial charge in [0.05, 0.1) is 44.5 Å². The molecule has 5 nitrogen and oxygen atoms in total. The molecule has 5 heteroatoms. The van der Waals surface area contributed by atoms with Gasteiger partial charge in [0, 0.05) is 76.9 Å². The summed E-state index contributed by atoms with van der Waals surface area (Å²) in [6.07, 6.45) is 0. The third-order valence-corrected chi connectivity index (χ3v) is 20.7. The van der Waals surface area contributed by atoms with E-state index >= 15 is 0 Å². The van der Waals surface area contributed by atoms with Gasteiger partial charge in [-0.1, -0.05) is 234 Å². The lowest BCUT2D eigenvalue weighted by atomic mass is 9.82. The summed E-state index contributed by atoms with van der Waals surface area (Å²) in [5.74, 6) is 0.668. The Morgan fingerprint density at radius 1 is 0.226 bits per heavy atom. The maximum Gasteiger partial charge on any atom is 0.160 e. The Hall–Kier alpha value is -11.7. The first-order chi connectivity index (χ1) is 45.6. The molecule has 438 valence electrons. The van der Waals surface area contributed by atoms with Crippen molar-refractivity contribution >= 4 is 65.4 Å². The molecule has 0 amide bonds. The fourth-order valence-corrected chi connectivity index (χ4v) is 16.1. The fourth-order valence-electron chi connectivity index (χ4n) is 16.1. The Labute approximate surface area is 539 Å². The van der Waals surface area contributed by atoms with Crippen molar-refractivity contribution in [2.24, 2.45) is 0 Å². The van der Waals surface area contributed by atoms with Gasteiger partial charge in [-0.25, -0.2) is 9.97 Å². The molecule has 13 aromatic carbocycles.